The van der Waals surface area contributed by atoms with Crippen molar-refractivity contribution in [2.24, 2.45) is 5.92 Å². The Balaban J connectivity index is 1.41. The van der Waals surface area contributed by atoms with E-state index in [1.54, 1.807) is 17.8 Å². The maximum absolute atomic E-state index is 12.1. The summed E-state index contributed by atoms with van der Waals surface area (Å²) in [5, 5.41) is 6.75. The van der Waals surface area contributed by atoms with Crippen LogP contribution in [0, 0.1) is 5.92 Å². The van der Waals surface area contributed by atoms with Crippen LogP contribution in [0.25, 0.3) is 0 Å². The largest absolute Gasteiger partial charge is 0.372 e. The SMILES string of the molecule is O=C1C=C2SC(CCNC(=O)C3CCCCC3)NC2=CC1. The normalized spacial score (nSPS) is 25.7. The first-order valence-corrected chi connectivity index (χ1v) is 8.76. The van der Waals surface area contributed by atoms with Gasteiger partial charge in [-0.05, 0) is 25.3 Å². The van der Waals surface area contributed by atoms with Crippen LogP contribution in [0.5, 0.6) is 0 Å². The van der Waals surface area contributed by atoms with Crippen LogP contribution in [0.4, 0.5) is 0 Å². The second-order valence-electron chi connectivity index (χ2n) is 5.96. The molecule has 3 rings (SSSR count). The first kappa shape index (κ1) is 14.7. The van der Waals surface area contributed by atoms with Crippen molar-refractivity contribution in [3.8, 4) is 0 Å². The molecule has 0 aromatic carbocycles. The fourth-order valence-corrected chi connectivity index (χ4v) is 4.33. The first-order valence-electron chi connectivity index (χ1n) is 7.88. The average molecular weight is 306 g/mol. The molecule has 1 aliphatic heterocycles. The summed E-state index contributed by atoms with van der Waals surface area (Å²) >= 11 is 1.70. The Morgan fingerprint density at radius 2 is 2.14 bits per heavy atom. The highest BCUT2D eigenvalue weighted by Gasteiger charge is 2.27. The lowest BCUT2D eigenvalue weighted by molar-refractivity contribution is -0.125. The number of hydrogen-bond donors (Lipinski definition) is 2. The molecular formula is C16H22N2O2S. The number of carbonyl (C=O) groups excluding carboxylic acids is 2. The summed E-state index contributed by atoms with van der Waals surface area (Å²) in [6.45, 7) is 0.703. The van der Waals surface area contributed by atoms with Gasteiger partial charge in [0, 0.05) is 29.5 Å². The molecule has 114 valence electrons. The fourth-order valence-electron chi connectivity index (χ4n) is 3.14. The van der Waals surface area contributed by atoms with Crippen LogP contribution in [0.15, 0.2) is 22.8 Å². The number of fused-ring (bicyclic) bond motifs is 1. The molecule has 1 amide bonds. The average Bonchev–Trinajstić information content (AvgIpc) is 2.89. The summed E-state index contributed by atoms with van der Waals surface area (Å²) in [6, 6.07) is 0. The molecule has 1 saturated heterocycles. The fraction of sp³-hybridized carbons (Fsp3) is 0.625. The van der Waals surface area contributed by atoms with Gasteiger partial charge in [-0.1, -0.05) is 37.1 Å². The second kappa shape index (κ2) is 6.69. The van der Waals surface area contributed by atoms with Crippen molar-refractivity contribution < 1.29 is 9.59 Å². The van der Waals surface area contributed by atoms with Crippen molar-refractivity contribution in [3.05, 3.63) is 22.8 Å². The third-order valence-corrected chi connectivity index (χ3v) is 5.56. The maximum Gasteiger partial charge on any atom is 0.223 e. The molecule has 0 bridgehead atoms. The topological polar surface area (TPSA) is 58.2 Å². The van der Waals surface area contributed by atoms with E-state index in [1.807, 2.05) is 6.08 Å². The molecule has 0 radical (unpaired) electrons. The number of thioether (sulfide) groups is 1. The summed E-state index contributed by atoms with van der Waals surface area (Å²) in [4.78, 5) is 24.5. The lowest BCUT2D eigenvalue weighted by Crippen LogP contribution is -2.34. The Kier molecular flexibility index (Phi) is 4.68. The molecule has 3 aliphatic rings. The van der Waals surface area contributed by atoms with E-state index in [9.17, 15) is 9.59 Å². The summed E-state index contributed by atoms with van der Waals surface area (Å²) in [5.41, 5.74) is 1.09. The lowest BCUT2D eigenvalue weighted by Gasteiger charge is -2.21. The van der Waals surface area contributed by atoms with Crippen LogP contribution in [0.3, 0.4) is 0 Å². The van der Waals surface area contributed by atoms with Gasteiger partial charge in [0.05, 0.1) is 5.37 Å². The third kappa shape index (κ3) is 3.70. The van der Waals surface area contributed by atoms with Gasteiger partial charge >= 0.3 is 0 Å². The highest BCUT2D eigenvalue weighted by Crippen LogP contribution is 2.37. The number of rotatable bonds is 4. The Bertz CT molecular complexity index is 493. The van der Waals surface area contributed by atoms with Crippen LogP contribution < -0.4 is 10.6 Å². The van der Waals surface area contributed by atoms with Crippen molar-refractivity contribution in [1.29, 1.82) is 0 Å². The van der Waals surface area contributed by atoms with Crippen molar-refractivity contribution >= 4 is 23.5 Å². The Morgan fingerprint density at radius 3 is 2.95 bits per heavy atom. The van der Waals surface area contributed by atoms with E-state index in [-0.39, 0.29) is 23.0 Å². The van der Waals surface area contributed by atoms with Gasteiger partial charge in [-0.3, -0.25) is 9.59 Å². The quantitative estimate of drug-likeness (QED) is 0.838. The minimum absolute atomic E-state index is 0.175. The van der Waals surface area contributed by atoms with Gasteiger partial charge in [-0.25, -0.2) is 0 Å². The molecule has 1 atom stereocenters. The molecule has 21 heavy (non-hydrogen) atoms. The Morgan fingerprint density at radius 1 is 1.33 bits per heavy atom. The van der Waals surface area contributed by atoms with E-state index >= 15 is 0 Å². The van der Waals surface area contributed by atoms with Gasteiger partial charge in [0.15, 0.2) is 5.78 Å². The highest BCUT2D eigenvalue weighted by atomic mass is 32.2. The number of hydrogen-bond acceptors (Lipinski definition) is 4. The van der Waals surface area contributed by atoms with Gasteiger partial charge < -0.3 is 10.6 Å². The monoisotopic (exact) mass is 306 g/mol. The van der Waals surface area contributed by atoms with E-state index < -0.39 is 0 Å². The van der Waals surface area contributed by atoms with E-state index in [4.69, 9.17) is 0 Å². The number of ketones is 1. The molecule has 1 heterocycles. The van der Waals surface area contributed by atoms with Crippen molar-refractivity contribution in [2.75, 3.05) is 6.54 Å². The summed E-state index contributed by atoms with van der Waals surface area (Å²) in [7, 11) is 0. The summed E-state index contributed by atoms with van der Waals surface area (Å²) in [6.07, 6.45) is 10.8. The van der Waals surface area contributed by atoms with E-state index in [2.05, 4.69) is 10.6 Å². The van der Waals surface area contributed by atoms with Gasteiger partial charge in [-0.2, -0.15) is 0 Å². The molecule has 1 unspecified atom stereocenters. The molecule has 5 heteroatoms. The molecule has 2 aliphatic carbocycles. The van der Waals surface area contributed by atoms with Gasteiger partial charge in [0.1, 0.15) is 0 Å². The van der Waals surface area contributed by atoms with E-state index in [1.165, 1.54) is 19.3 Å². The minimum Gasteiger partial charge on any atom is -0.372 e. The highest BCUT2D eigenvalue weighted by molar-refractivity contribution is 8.04. The van der Waals surface area contributed by atoms with Crippen LogP contribution in [0.2, 0.25) is 0 Å². The summed E-state index contributed by atoms with van der Waals surface area (Å²) < 4.78 is 0. The molecule has 2 N–H and O–H groups in total. The molecule has 0 spiro atoms. The zero-order chi connectivity index (χ0) is 14.7. The number of carbonyl (C=O) groups is 2. The van der Waals surface area contributed by atoms with Crippen LogP contribution in [0.1, 0.15) is 44.9 Å². The van der Waals surface area contributed by atoms with Gasteiger partial charge in [0.25, 0.3) is 0 Å². The van der Waals surface area contributed by atoms with Gasteiger partial charge in [-0.15, -0.1) is 0 Å². The van der Waals surface area contributed by atoms with Crippen molar-refractivity contribution in [3.63, 3.8) is 0 Å². The van der Waals surface area contributed by atoms with Gasteiger partial charge in [0.2, 0.25) is 5.91 Å². The van der Waals surface area contributed by atoms with Crippen molar-refractivity contribution in [2.45, 2.75) is 50.3 Å². The Labute approximate surface area is 129 Å². The molecule has 2 fully saturated rings. The molecule has 1 saturated carbocycles. The predicted molar refractivity (Wildman–Crippen MR) is 84.5 cm³/mol. The van der Waals surface area contributed by atoms with Crippen molar-refractivity contribution in [1.82, 2.24) is 10.6 Å². The van der Waals surface area contributed by atoms with Crippen LogP contribution in [-0.2, 0) is 9.59 Å². The zero-order valence-electron chi connectivity index (χ0n) is 12.2. The molecule has 4 nitrogen and oxygen atoms in total. The molecule has 0 aromatic heterocycles. The third-order valence-electron chi connectivity index (χ3n) is 4.33. The number of amides is 1. The number of nitrogens with one attached hydrogen (secondary N) is 2. The standard InChI is InChI=1S/C16H22N2O2S/c19-12-6-7-13-14(10-12)21-15(18-13)8-9-17-16(20)11-4-2-1-3-5-11/h7,10-11,15,18H,1-6,8-9H2,(H,17,20). The number of allylic oxidation sites excluding steroid dienone is 2. The maximum atomic E-state index is 12.1. The zero-order valence-corrected chi connectivity index (χ0v) is 13.0. The smallest absolute Gasteiger partial charge is 0.223 e. The predicted octanol–water partition coefficient (Wildman–Crippen LogP) is 2.48. The molecular weight excluding hydrogens is 284 g/mol. The lowest BCUT2D eigenvalue weighted by atomic mass is 9.89. The summed E-state index contributed by atoms with van der Waals surface area (Å²) in [5.74, 6) is 0.631. The molecule has 0 aromatic rings. The van der Waals surface area contributed by atoms with Crippen LogP contribution in [-0.4, -0.2) is 23.6 Å². The second-order valence-corrected chi connectivity index (χ2v) is 7.21. The Hall–Kier alpha value is -1.23. The first-order chi connectivity index (χ1) is 10.2. The van der Waals surface area contributed by atoms with E-state index in [0.29, 0.717) is 13.0 Å². The minimum atomic E-state index is 0.175. The van der Waals surface area contributed by atoms with E-state index in [0.717, 1.165) is 29.9 Å². The van der Waals surface area contributed by atoms with Crippen LogP contribution >= 0.6 is 11.8 Å².